The number of para-hydroxylation sites is 2. The summed E-state index contributed by atoms with van der Waals surface area (Å²) in [6.07, 6.45) is 2.83. The summed E-state index contributed by atoms with van der Waals surface area (Å²) in [5.41, 5.74) is 5.63. The van der Waals surface area contributed by atoms with Gasteiger partial charge < -0.3 is 14.9 Å². The molecule has 2 amide bonds. The Hall–Kier alpha value is -3.72. The van der Waals surface area contributed by atoms with Crippen molar-refractivity contribution in [1.82, 2.24) is 10.9 Å². The highest BCUT2D eigenvalue weighted by Crippen LogP contribution is 2.13. The number of aromatic hydroxyl groups is 2. The van der Waals surface area contributed by atoms with Gasteiger partial charge >= 0.3 is 0 Å². The quantitative estimate of drug-likeness (QED) is 0.273. The van der Waals surface area contributed by atoms with Crippen molar-refractivity contribution in [2.45, 2.75) is 12.8 Å². The predicted octanol–water partition coefficient (Wildman–Crippen LogP) is 1.49. The predicted molar refractivity (Wildman–Crippen MR) is 108 cm³/mol. The highest BCUT2D eigenvalue weighted by molar-refractivity contribution is 5.85. The van der Waals surface area contributed by atoms with Gasteiger partial charge in [-0.2, -0.15) is 10.2 Å². The number of hydrogen-bond donors (Lipinski definition) is 4. The summed E-state index contributed by atoms with van der Waals surface area (Å²) in [5.74, 6) is -0.573. The first-order chi connectivity index (χ1) is 14.1. The van der Waals surface area contributed by atoms with Crippen LogP contribution in [0.3, 0.4) is 0 Å². The molecule has 2 rings (SSSR count). The molecule has 0 fully saturated rings. The number of phenolic OH excluding ortho intramolecular Hbond substituents is 2. The molecule has 0 aliphatic heterocycles. The van der Waals surface area contributed by atoms with Gasteiger partial charge in [-0.15, -0.1) is 0 Å². The fraction of sp³-hybridized carbons (Fsp3) is 0.200. The first-order valence-electron chi connectivity index (χ1n) is 8.84. The summed E-state index contributed by atoms with van der Waals surface area (Å²) in [7, 11) is 0. The van der Waals surface area contributed by atoms with Crippen molar-refractivity contribution in [1.29, 1.82) is 0 Å². The Kier molecular flexibility index (Phi) is 8.84. The molecule has 0 saturated carbocycles. The van der Waals surface area contributed by atoms with Gasteiger partial charge in [-0.1, -0.05) is 24.3 Å². The molecule has 0 radical (unpaired) electrons. The van der Waals surface area contributed by atoms with Crippen LogP contribution in [-0.4, -0.2) is 47.7 Å². The van der Waals surface area contributed by atoms with Crippen LogP contribution >= 0.6 is 0 Å². The number of hydrazone groups is 2. The number of phenols is 2. The number of rotatable bonds is 10. The standard InChI is InChI=1S/C20H22N4O5/c25-17-7-3-1-5-15(17)13-21-23-19(27)9-11-29-12-10-20(28)24-22-14-16-6-2-4-8-18(16)26/h1-8,13-14,25-26H,9-12H2,(H,23,27)(H,24,28)/b21-13+,22-14+. The van der Waals surface area contributed by atoms with Crippen LogP contribution in [0, 0.1) is 0 Å². The molecule has 4 N–H and O–H groups in total. The molecule has 9 heteroatoms. The molecule has 2 aromatic carbocycles. The molecule has 0 bridgehead atoms. The zero-order chi connectivity index (χ0) is 20.9. The van der Waals surface area contributed by atoms with Gasteiger partial charge in [-0.25, -0.2) is 10.9 Å². The first-order valence-corrected chi connectivity index (χ1v) is 8.84. The molecular weight excluding hydrogens is 376 g/mol. The maximum absolute atomic E-state index is 11.6. The normalized spacial score (nSPS) is 11.0. The average Bonchev–Trinajstić information content (AvgIpc) is 2.70. The van der Waals surface area contributed by atoms with Crippen LogP contribution in [0.1, 0.15) is 24.0 Å². The number of nitrogens with one attached hydrogen (secondary N) is 2. The number of nitrogens with zero attached hydrogens (tertiary/aromatic N) is 2. The minimum atomic E-state index is -0.353. The summed E-state index contributed by atoms with van der Waals surface area (Å²) in [6, 6.07) is 13.2. The van der Waals surface area contributed by atoms with Crippen molar-refractivity contribution in [2.75, 3.05) is 13.2 Å². The molecule has 0 heterocycles. The number of amides is 2. The molecule has 152 valence electrons. The SMILES string of the molecule is O=C(CCOCCC(=O)N/N=C/c1ccccc1O)N/N=C/c1ccccc1O. The Morgan fingerprint density at radius 3 is 1.62 bits per heavy atom. The monoisotopic (exact) mass is 398 g/mol. The Bertz CT molecular complexity index is 811. The zero-order valence-corrected chi connectivity index (χ0v) is 15.6. The molecule has 0 aliphatic rings. The molecule has 0 unspecified atom stereocenters. The fourth-order valence-corrected chi connectivity index (χ4v) is 2.08. The average molecular weight is 398 g/mol. The lowest BCUT2D eigenvalue weighted by molar-refractivity contribution is -0.122. The van der Waals surface area contributed by atoms with Gasteiger partial charge in [0.15, 0.2) is 0 Å². The van der Waals surface area contributed by atoms with E-state index in [1.807, 2.05) is 0 Å². The van der Waals surface area contributed by atoms with Crippen molar-refractivity contribution >= 4 is 24.2 Å². The van der Waals surface area contributed by atoms with Gasteiger partial charge in [-0.3, -0.25) is 9.59 Å². The van der Waals surface area contributed by atoms with Crippen LogP contribution in [0.15, 0.2) is 58.7 Å². The van der Waals surface area contributed by atoms with Gasteiger partial charge in [0.05, 0.1) is 38.5 Å². The van der Waals surface area contributed by atoms with Gasteiger partial charge in [0.25, 0.3) is 0 Å². The lowest BCUT2D eigenvalue weighted by Crippen LogP contribution is -2.21. The Morgan fingerprint density at radius 2 is 1.21 bits per heavy atom. The molecular formula is C20H22N4O5. The largest absolute Gasteiger partial charge is 0.507 e. The van der Waals surface area contributed by atoms with E-state index < -0.39 is 0 Å². The van der Waals surface area contributed by atoms with Crippen LogP contribution in [0.5, 0.6) is 11.5 Å². The van der Waals surface area contributed by atoms with Crippen molar-refractivity contribution < 1.29 is 24.5 Å². The molecule has 0 aliphatic carbocycles. The zero-order valence-electron chi connectivity index (χ0n) is 15.6. The first kappa shape index (κ1) is 21.6. The molecule has 0 saturated heterocycles. The Labute approximate surface area is 167 Å². The van der Waals surface area contributed by atoms with E-state index >= 15 is 0 Å². The van der Waals surface area contributed by atoms with Crippen molar-refractivity contribution in [3.63, 3.8) is 0 Å². The summed E-state index contributed by atoms with van der Waals surface area (Å²) < 4.78 is 5.24. The summed E-state index contributed by atoms with van der Waals surface area (Å²) >= 11 is 0. The number of carbonyl (C=O) groups is 2. The molecule has 2 aromatic rings. The van der Waals surface area contributed by atoms with Gasteiger partial charge in [-0.05, 0) is 24.3 Å². The third-order valence-electron chi connectivity index (χ3n) is 3.61. The highest BCUT2D eigenvalue weighted by Gasteiger charge is 2.03. The van der Waals surface area contributed by atoms with E-state index in [-0.39, 0.29) is 49.4 Å². The highest BCUT2D eigenvalue weighted by atomic mass is 16.5. The van der Waals surface area contributed by atoms with Crippen LogP contribution in [-0.2, 0) is 14.3 Å². The van der Waals surface area contributed by atoms with E-state index in [0.29, 0.717) is 11.1 Å². The van der Waals surface area contributed by atoms with Gasteiger partial charge in [0.2, 0.25) is 11.8 Å². The Morgan fingerprint density at radius 1 is 0.793 bits per heavy atom. The third kappa shape index (κ3) is 8.22. The molecule has 0 spiro atoms. The number of benzene rings is 2. The van der Waals surface area contributed by atoms with Crippen LogP contribution < -0.4 is 10.9 Å². The molecule has 0 atom stereocenters. The van der Waals surface area contributed by atoms with E-state index in [4.69, 9.17) is 4.74 Å². The van der Waals surface area contributed by atoms with E-state index in [1.165, 1.54) is 24.6 Å². The van der Waals surface area contributed by atoms with Crippen molar-refractivity contribution in [3.8, 4) is 11.5 Å². The second-order valence-corrected chi connectivity index (χ2v) is 5.82. The van der Waals surface area contributed by atoms with E-state index in [0.717, 1.165) is 0 Å². The van der Waals surface area contributed by atoms with E-state index in [9.17, 15) is 19.8 Å². The maximum atomic E-state index is 11.6. The second kappa shape index (κ2) is 11.9. The number of ether oxygens (including phenoxy) is 1. The van der Waals surface area contributed by atoms with E-state index in [2.05, 4.69) is 21.1 Å². The van der Waals surface area contributed by atoms with Crippen LogP contribution in [0.25, 0.3) is 0 Å². The summed E-state index contributed by atoms with van der Waals surface area (Å²) in [6.45, 7) is 0.263. The van der Waals surface area contributed by atoms with Crippen molar-refractivity contribution in [3.05, 3.63) is 59.7 Å². The van der Waals surface area contributed by atoms with E-state index in [1.54, 1.807) is 36.4 Å². The minimum Gasteiger partial charge on any atom is -0.507 e. The molecule has 9 nitrogen and oxygen atoms in total. The second-order valence-electron chi connectivity index (χ2n) is 5.82. The van der Waals surface area contributed by atoms with Gasteiger partial charge in [0, 0.05) is 11.1 Å². The summed E-state index contributed by atoms with van der Waals surface area (Å²) in [5, 5.41) is 26.7. The topological polar surface area (TPSA) is 133 Å². The molecule has 0 aromatic heterocycles. The van der Waals surface area contributed by atoms with Gasteiger partial charge in [0.1, 0.15) is 11.5 Å². The smallest absolute Gasteiger partial charge is 0.242 e. The fourth-order valence-electron chi connectivity index (χ4n) is 2.08. The minimum absolute atomic E-state index is 0.0667. The van der Waals surface area contributed by atoms with Crippen LogP contribution in [0.4, 0.5) is 0 Å². The lowest BCUT2D eigenvalue weighted by atomic mass is 10.2. The van der Waals surface area contributed by atoms with Crippen LogP contribution in [0.2, 0.25) is 0 Å². The van der Waals surface area contributed by atoms with Crippen molar-refractivity contribution in [2.24, 2.45) is 10.2 Å². The maximum Gasteiger partial charge on any atom is 0.242 e. The molecule has 29 heavy (non-hydrogen) atoms. The number of carbonyl (C=O) groups excluding carboxylic acids is 2. The summed E-state index contributed by atoms with van der Waals surface area (Å²) in [4.78, 5) is 23.3. The Balaban J connectivity index is 1.56. The lowest BCUT2D eigenvalue weighted by Gasteiger charge is -2.03. The number of hydrogen-bond acceptors (Lipinski definition) is 7. The third-order valence-corrected chi connectivity index (χ3v) is 3.61.